The Bertz CT molecular complexity index is 541. The zero-order chi connectivity index (χ0) is 13.4. The Balaban J connectivity index is 1.88. The molecule has 5 heteroatoms. The van der Waals surface area contributed by atoms with Gasteiger partial charge in [-0.25, -0.2) is 0 Å². The average Bonchev–Trinajstić information content (AvgIpc) is 2.79. The molecule has 1 fully saturated rings. The van der Waals surface area contributed by atoms with E-state index in [-0.39, 0.29) is 24.2 Å². The molecule has 1 atom stereocenters. The minimum absolute atomic E-state index is 0.0669. The van der Waals surface area contributed by atoms with Crippen molar-refractivity contribution in [2.45, 2.75) is 12.8 Å². The molecule has 1 amide bonds. The lowest BCUT2D eigenvalue weighted by atomic mass is 10.0. The largest absolute Gasteiger partial charge is 0.486 e. The fourth-order valence-electron chi connectivity index (χ4n) is 2.62. The van der Waals surface area contributed by atoms with E-state index >= 15 is 0 Å². The SMILES string of the molecule is NC[C@H]1CC(=O)N(c2ccc3c(c2)CC(=O)CO3)C1. The molecule has 100 valence electrons. The smallest absolute Gasteiger partial charge is 0.227 e. The summed E-state index contributed by atoms with van der Waals surface area (Å²) >= 11 is 0. The normalized spacial score (nSPS) is 22.4. The quantitative estimate of drug-likeness (QED) is 0.840. The summed E-state index contributed by atoms with van der Waals surface area (Å²) in [6.45, 7) is 1.32. The Hall–Kier alpha value is -1.88. The van der Waals surface area contributed by atoms with E-state index in [4.69, 9.17) is 10.5 Å². The maximum Gasteiger partial charge on any atom is 0.227 e. The monoisotopic (exact) mass is 260 g/mol. The van der Waals surface area contributed by atoms with Crippen LogP contribution in [0.1, 0.15) is 12.0 Å². The van der Waals surface area contributed by atoms with Gasteiger partial charge in [0, 0.05) is 30.6 Å². The highest BCUT2D eigenvalue weighted by molar-refractivity contribution is 5.96. The molecule has 1 aromatic rings. The Labute approximate surface area is 111 Å². The number of amides is 1. The lowest BCUT2D eigenvalue weighted by Gasteiger charge is -2.21. The molecule has 19 heavy (non-hydrogen) atoms. The summed E-state index contributed by atoms with van der Waals surface area (Å²) in [6.07, 6.45) is 0.883. The topological polar surface area (TPSA) is 72.6 Å². The molecule has 1 aromatic carbocycles. The number of rotatable bonds is 2. The number of anilines is 1. The van der Waals surface area contributed by atoms with Crippen LogP contribution in [0.5, 0.6) is 5.75 Å². The number of benzene rings is 1. The average molecular weight is 260 g/mol. The van der Waals surface area contributed by atoms with Crippen LogP contribution in [0.3, 0.4) is 0 Å². The third kappa shape index (κ3) is 2.21. The van der Waals surface area contributed by atoms with Crippen LogP contribution >= 0.6 is 0 Å². The van der Waals surface area contributed by atoms with Gasteiger partial charge in [-0.2, -0.15) is 0 Å². The Morgan fingerprint density at radius 2 is 2.21 bits per heavy atom. The van der Waals surface area contributed by atoms with Crippen LogP contribution in [0.25, 0.3) is 0 Å². The van der Waals surface area contributed by atoms with Crippen molar-refractivity contribution in [2.24, 2.45) is 11.7 Å². The zero-order valence-corrected chi connectivity index (χ0v) is 10.6. The molecule has 2 N–H and O–H groups in total. The van der Waals surface area contributed by atoms with Gasteiger partial charge in [-0.05, 0) is 30.7 Å². The van der Waals surface area contributed by atoms with Crippen LogP contribution in [0.15, 0.2) is 18.2 Å². The minimum atomic E-state index is 0.0669. The van der Waals surface area contributed by atoms with Crippen molar-refractivity contribution in [3.05, 3.63) is 23.8 Å². The van der Waals surface area contributed by atoms with Gasteiger partial charge in [0.05, 0.1) is 0 Å². The molecule has 0 aromatic heterocycles. The van der Waals surface area contributed by atoms with Gasteiger partial charge in [-0.15, -0.1) is 0 Å². The molecule has 0 aliphatic carbocycles. The first kappa shape index (κ1) is 12.2. The van der Waals surface area contributed by atoms with Crippen molar-refractivity contribution in [2.75, 3.05) is 24.6 Å². The number of ketones is 1. The number of ether oxygens (including phenoxy) is 1. The lowest BCUT2D eigenvalue weighted by molar-refractivity contribution is -0.121. The molecule has 0 spiro atoms. The molecule has 0 saturated carbocycles. The summed E-state index contributed by atoms with van der Waals surface area (Å²) in [5, 5.41) is 0. The Kier molecular flexibility index (Phi) is 2.98. The number of carbonyl (C=O) groups excluding carboxylic acids is 2. The molecule has 0 radical (unpaired) electrons. The number of hydrogen-bond donors (Lipinski definition) is 1. The van der Waals surface area contributed by atoms with E-state index in [0.717, 1.165) is 17.0 Å². The van der Waals surface area contributed by atoms with Gasteiger partial charge < -0.3 is 15.4 Å². The molecule has 2 heterocycles. The van der Waals surface area contributed by atoms with Crippen LogP contribution in [0.2, 0.25) is 0 Å². The number of Topliss-reactive ketones (excluding diaryl/α,β-unsaturated/α-hetero) is 1. The molecule has 2 aliphatic heterocycles. The number of fused-ring (bicyclic) bond motifs is 1. The van der Waals surface area contributed by atoms with Crippen LogP contribution in [0, 0.1) is 5.92 Å². The molecule has 0 unspecified atom stereocenters. The van der Waals surface area contributed by atoms with E-state index in [1.165, 1.54) is 0 Å². The van der Waals surface area contributed by atoms with Crippen LogP contribution < -0.4 is 15.4 Å². The first-order valence-corrected chi connectivity index (χ1v) is 6.45. The summed E-state index contributed by atoms with van der Waals surface area (Å²) in [7, 11) is 0. The van der Waals surface area contributed by atoms with E-state index in [2.05, 4.69) is 0 Å². The maximum atomic E-state index is 11.9. The molecule has 1 saturated heterocycles. The summed E-state index contributed by atoms with van der Waals surface area (Å²) in [4.78, 5) is 25.1. The van der Waals surface area contributed by atoms with Crippen LogP contribution in [-0.4, -0.2) is 31.4 Å². The van der Waals surface area contributed by atoms with Gasteiger partial charge in [0.2, 0.25) is 5.91 Å². The molecular weight excluding hydrogens is 244 g/mol. The van der Waals surface area contributed by atoms with E-state index in [1.807, 2.05) is 18.2 Å². The van der Waals surface area contributed by atoms with Crippen molar-refractivity contribution in [3.8, 4) is 5.75 Å². The van der Waals surface area contributed by atoms with Gasteiger partial charge in [0.25, 0.3) is 0 Å². The second-order valence-electron chi connectivity index (χ2n) is 5.11. The van der Waals surface area contributed by atoms with E-state index in [0.29, 0.717) is 25.9 Å². The highest BCUT2D eigenvalue weighted by Gasteiger charge is 2.30. The summed E-state index contributed by atoms with van der Waals surface area (Å²) in [6, 6.07) is 5.58. The summed E-state index contributed by atoms with van der Waals surface area (Å²) < 4.78 is 5.35. The minimum Gasteiger partial charge on any atom is -0.486 e. The van der Waals surface area contributed by atoms with E-state index in [1.54, 1.807) is 4.90 Å². The molecule has 0 bridgehead atoms. The van der Waals surface area contributed by atoms with Gasteiger partial charge in [0.15, 0.2) is 5.78 Å². The van der Waals surface area contributed by atoms with Gasteiger partial charge >= 0.3 is 0 Å². The van der Waals surface area contributed by atoms with Gasteiger partial charge in [-0.3, -0.25) is 9.59 Å². The van der Waals surface area contributed by atoms with E-state index in [9.17, 15) is 9.59 Å². The number of nitrogens with zero attached hydrogens (tertiary/aromatic N) is 1. The standard InChI is InChI=1S/C14H16N2O3/c15-6-9-3-14(18)16(7-9)11-1-2-13-10(4-11)5-12(17)8-19-13/h1-2,4,9H,3,5-8,15H2/t9-/m1/s1. The highest BCUT2D eigenvalue weighted by Crippen LogP contribution is 2.31. The Morgan fingerprint density at radius 3 is 2.95 bits per heavy atom. The second kappa shape index (κ2) is 4.66. The third-order valence-corrected chi connectivity index (χ3v) is 3.67. The molecule has 2 aliphatic rings. The van der Waals surface area contributed by atoms with Crippen molar-refractivity contribution in [1.82, 2.24) is 0 Å². The van der Waals surface area contributed by atoms with E-state index < -0.39 is 0 Å². The number of hydrogen-bond acceptors (Lipinski definition) is 4. The van der Waals surface area contributed by atoms with Gasteiger partial charge in [0.1, 0.15) is 12.4 Å². The maximum absolute atomic E-state index is 11.9. The van der Waals surface area contributed by atoms with Crippen molar-refractivity contribution in [1.29, 1.82) is 0 Å². The number of nitrogens with two attached hydrogens (primary N) is 1. The lowest BCUT2D eigenvalue weighted by Crippen LogP contribution is -2.26. The molecule has 3 rings (SSSR count). The molecule has 5 nitrogen and oxygen atoms in total. The third-order valence-electron chi connectivity index (χ3n) is 3.67. The first-order valence-electron chi connectivity index (χ1n) is 6.45. The van der Waals surface area contributed by atoms with Crippen LogP contribution in [0.4, 0.5) is 5.69 Å². The van der Waals surface area contributed by atoms with Gasteiger partial charge in [-0.1, -0.05) is 0 Å². The predicted octanol–water partition coefficient (Wildman–Crippen LogP) is 0.502. The summed E-state index contributed by atoms with van der Waals surface area (Å²) in [5.74, 6) is 1.13. The van der Waals surface area contributed by atoms with Crippen molar-refractivity contribution < 1.29 is 14.3 Å². The second-order valence-corrected chi connectivity index (χ2v) is 5.11. The number of carbonyl (C=O) groups is 2. The van der Waals surface area contributed by atoms with Crippen LogP contribution in [-0.2, 0) is 16.0 Å². The Morgan fingerprint density at radius 1 is 1.37 bits per heavy atom. The fraction of sp³-hybridized carbons (Fsp3) is 0.429. The van der Waals surface area contributed by atoms with Crippen molar-refractivity contribution in [3.63, 3.8) is 0 Å². The highest BCUT2D eigenvalue weighted by atomic mass is 16.5. The fourth-order valence-corrected chi connectivity index (χ4v) is 2.62. The zero-order valence-electron chi connectivity index (χ0n) is 10.6. The first-order chi connectivity index (χ1) is 9.17. The summed E-state index contributed by atoms with van der Waals surface area (Å²) in [5.41, 5.74) is 7.31. The van der Waals surface area contributed by atoms with Crippen molar-refractivity contribution >= 4 is 17.4 Å². The predicted molar refractivity (Wildman–Crippen MR) is 70.2 cm³/mol. The molecular formula is C14H16N2O3.